The molecule has 1 aromatic heterocycles. The number of ether oxygens (including phenoxy) is 1. The van der Waals surface area contributed by atoms with Crippen LogP contribution in [0.2, 0.25) is 0 Å². The molecule has 0 amide bonds. The molecule has 0 bridgehead atoms. The molecule has 1 aliphatic heterocycles. The van der Waals surface area contributed by atoms with Crippen LogP contribution in [0, 0.1) is 5.92 Å². The van der Waals surface area contributed by atoms with Crippen molar-refractivity contribution in [2.45, 2.75) is 19.1 Å². The number of rotatable bonds is 5. The van der Waals surface area contributed by atoms with E-state index in [2.05, 4.69) is 4.98 Å². The fraction of sp³-hybridized carbons (Fsp3) is 0.545. The minimum atomic E-state index is -1.02. The van der Waals surface area contributed by atoms with Crippen molar-refractivity contribution in [2.24, 2.45) is 5.92 Å². The number of carbonyl (C=O) groups is 2. The molecule has 7 nitrogen and oxygen atoms in total. The molecule has 8 heteroatoms. The fourth-order valence-electron chi connectivity index (χ4n) is 2.10. The van der Waals surface area contributed by atoms with Gasteiger partial charge in [0.05, 0.1) is 17.4 Å². The SMILES string of the molecule is COCc1cnc(N2CC(C(=O)O)CC2C(=O)O)s1. The Hall–Kier alpha value is -1.67. The molecular formula is C11H14N2O5S. The number of anilines is 1. The number of aromatic nitrogens is 1. The Morgan fingerprint density at radius 2 is 2.26 bits per heavy atom. The third-order valence-corrected chi connectivity index (χ3v) is 4.02. The molecule has 2 unspecified atom stereocenters. The van der Waals surface area contributed by atoms with Crippen molar-refractivity contribution >= 4 is 28.4 Å². The van der Waals surface area contributed by atoms with E-state index in [9.17, 15) is 14.7 Å². The Bertz CT molecular complexity index is 489. The van der Waals surface area contributed by atoms with Crippen molar-refractivity contribution in [1.82, 2.24) is 4.98 Å². The van der Waals surface area contributed by atoms with E-state index in [0.717, 1.165) is 4.88 Å². The van der Waals surface area contributed by atoms with Crippen LogP contribution in [0.3, 0.4) is 0 Å². The normalized spacial score (nSPS) is 22.7. The molecule has 2 rings (SSSR count). The second-order valence-corrected chi connectivity index (χ2v) is 5.41. The molecule has 1 saturated heterocycles. The van der Waals surface area contributed by atoms with Crippen LogP contribution in [0.4, 0.5) is 5.13 Å². The average Bonchev–Trinajstić information content (AvgIpc) is 2.94. The van der Waals surface area contributed by atoms with Crippen molar-refractivity contribution in [2.75, 3.05) is 18.6 Å². The van der Waals surface area contributed by atoms with E-state index >= 15 is 0 Å². The molecule has 2 N–H and O–H groups in total. The van der Waals surface area contributed by atoms with E-state index in [4.69, 9.17) is 9.84 Å². The number of thiazole rings is 1. The number of hydrogen-bond acceptors (Lipinski definition) is 6. The molecular weight excluding hydrogens is 272 g/mol. The zero-order valence-corrected chi connectivity index (χ0v) is 11.1. The first kappa shape index (κ1) is 13.8. The van der Waals surface area contributed by atoms with Crippen molar-refractivity contribution < 1.29 is 24.5 Å². The zero-order chi connectivity index (χ0) is 14.0. The van der Waals surface area contributed by atoms with Crippen LogP contribution in [-0.2, 0) is 20.9 Å². The van der Waals surface area contributed by atoms with Crippen LogP contribution >= 0.6 is 11.3 Å². The number of carboxylic acids is 2. The Kier molecular flexibility index (Phi) is 4.01. The third-order valence-electron chi connectivity index (χ3n) is 3.01. The molecule has 104 valence electrons. The quantitative estimate of drug-likeness (QED) is 0.819. The monoisotopic (exact) mass is 286 g/mol. The van der Waals surface area contributed by atoms with Gasteiger partial charge in [0.15, 0.2) is 5.13 Å². The number of nitrogens with zero attached hydrogens (tertiary/aromatic N) is 2. The number of carboxylic acid groups (broad SMARTS) is 2. The van der Waals surface area contributed by atoms with E-state index in [-0.39, 0.29) is 13.0 Å². The standard InChI is InChI=1S/C11H14N2O5S/c1-18-5-7-3-12-11(19-7)13-4-6(9(14)15)2-8(13)10(16)17/h3,6,8H,2,4-5H2,1H3,(H,14,15)(H,16,17). The van der Waals surface area contributed by atoms with Crippen LogP contribution in [0.15, 0.2) is 6.20 Å². The molecule has 1 aliphatic rings. The highest BCUT2D eigenvalue weighted by atomic mass is 32.1. The van der Waals surface area contributed by atoms with E-state index < -0.39 is 23.9 Å². The van der Waals surface area contributed by atoms with Gasteiger partial charge < -0.3 is 19.8 Å². The van der Waals surface area contributed by atoms with Gasteiger partial charge in [-0.3, -0.25) is 4.79 Å². The molecule has 2 atom stereocenters. The highest BCUT2D eigenvalue weighted by molar-refractivity contribution is 7.15. The Morgan fingerprint density at radius 1 is 1.53 bits per heavy atom. The first-order valence-electron chi connectivity index (χ1n) is 5.68. The lowest BCUT2D eigenvalue weighted by Crippen LogP contribution is -2.35. The number of methoxy groups -OCH3 is 1. The molecule has 2 heterocycles. The predicted molar refractivity (Wildman–Crippen MR) is 67.3 cm³/mol. The Morgan fingerprint density at radius 3 is 2.84 bits per heavy atom. The highest BCUT2D eigenvalue weighted by Crippen LogP contribution is 2.32. The van der Waals surface area contributed by atoms with Gasteiger partial charge in [-0.25, -0.2) is 9.78 Å². The van der Waals surface area contributed by atoms with Gasteiger partial charge in [-0.2, -0.15) is 0 Å². The smallest absolute Gasteiger partial charge is 0.326 e. The third kappa shape index (κ3) is 2.85. The maximum absolute atomic E-state index is 11.2. The summed E-state index contributed by atoms with van der Waals surface area (Å²) in [4.78, 5) is 28.8. The molecule has 0 saturated carbocycles. The molecule has 0 radical (unpaired) electrons. The molecule has 1 fully saturated rings. The van der Waals surface area contributed by atoms with Crippen LogP contribution in [0.5, 0.6) is 0 Å². The van der Waals surface area contributed by atoms with Gasteiger partial charge >= 0.3 is 11.9 Å². The lowest BCUT2D eigenvalue weighted by Gasteiger charge is -2.19. The van der Waals surface area contributed by atoms with Gasteiger partial charge in [0.25, 0.3) is 0 Å². The number of hydrogen-bond donors (Lipinski definition) is 2. The minimum Gasteiger partial charge on any atom is -0.481 e. The summed E-state index contributed by atoms with van der Waals surface area (Å²) in [6.45, 7) is 0.581. The fourth-order valence-corrected chi connectivity index (χ4v) is 3.04. The lowest BCUT2D eigenvalue weighted by molar-refractivity contribution is -0.141. The van der Waals surface area contributed by atoms with Gasteiger partial charge in [-0.1, -0.05) is 11.3 Å². The predicted octanol–water partition coefficient (Wildman–Crippen LogP) is 0.654. The summed E-state index contributed by atoms with van der Waals surface area (Å²) >= 11 is 1.32. The summed E-state index contributed by atoms with van der Waals surface area (Å²) in [5, 5.41) is 18.7. The average molecular weight is 286 g/mol. The van der Waals surface area contributed by atoms with Crippen molar-refractivity contribution in [3.63, 3.8) is 0 Å². The van der Waals surface area contributed by atoms with Crippen molar-refractivity contribution in [3.8, 4) is 0 Å². The Balaban J connectivity index is 2.20. The first-order valence-corrected chi connectivity index (χ1v) is 6.50. The lowest BCUT2D eigenvalue weighted by atomic mass is 10.1. The second-order valence-electron chi connectivity index (χ2n) is 4.32. The maximum Gasteiger partial charge on any atom is 0.326 e. The van der Waals surface area contributed by atoms with Crippen LogP contribution in [0.1, 0.15) is 11.3 Å². The van der Waals surface area contributed by atoms with Gasteiger partial charge in [0.2, 0.25) is 0 Å². The van der Waals surface area contributed by atoms with Crippen LogP contribution in [-0.4, -0.2) is 46.8 Å². The van der Waals surface area contributed by atoms with Gasteiger partial charge in [0.1, 0.15) is 6.04 Å². The van der Waals surface area contributed by atoms with Gasteiger partial charge in [0, 0.05) is 19.9 Å². The van der Waals surface area contributed by atoms with E-state index in [1.807, 2.05) is 0 Å². The van der Waals surface area contributed by atoms with Gasteiger partial charge in [-0.05, 0) is 6.42 Å². The Labute approximate surface area is 113 Å². The van der Waals surface area contributed by atoms with Crippen molar-refractivity contribution in [1.29, 1.82) is 0 Å². The van der Waals surface area contributed by atoms with E-state index in [1.165, 1.54) is 11.3 Å². The highest BCUT2D eigenvalue weighted by Gasteiger charge is 2.41. The zero-order valence-electron chi connectivity index (χ0n) is 10.3. The van der Waals surface area contributed by atoms with Gasteiger partial charge in [-0.15, -0.1) is 0 Å². The van der Waals surface area contributed by atoms with Crippen molar-refractivity contribution in [3.05, 3.63) is 11.1 Å². The summed E-state index contributed by atoms with van der Waals surface area (Å²) in [6.07, 6.45) is 1.72. The molecule has 19 heavy (non-hydrogen) atoms. The van der Waals surface area contributed by atoms with E-state index in [1.54, 1.807) is 18.2 Å². The molecule has 1 aromatic rings. The van der Waals surface area contributed by atoms with Crippen LogP contribution in [0.25, 0.3) is 0 Å². The first-order chi connectivity index (χ1) is 9.02. The maximum atomic E-state index is 11.2. The number of aliphatic carboxylic acids is 2. The topological polar surface area (TPSA) is 100.0 Å². The van der Waals surface area contributed by atoms with E-state index in [0.29, 0.717) is 11.7 Å². The largest absolute Gasteiger partial charge is 0.481 e. The summed E-state index contributed by atoms with van der Waals surface area (Å²) < 4.78 is 4.98. The molecule has 0 aromatic carbocycles. The summed E-state index contributed by atoms with van der Waals surface area (Å²) in [7, 11) is 1.57. The summed E-state index contributed by atoms with van der Waals surface area (Å²) in [5.41, 5.74) is 0. The minimum absolute atomic E-state index is 0.101. The summed E-state index contributed by atoms with van der Waals surface area (Å²) in [6, 6.07) is -0.831. The molecule has 0 spiro atoms. The second kappa shape index (κ2) is 5.54. The van der Waals surface area contributed by atoms with Crippen LogP contribution < -0.4 is 4.90 Å². The summed E-state index contributed by atoms with van der Waals surface area (Å²) in [5.74, 6) is -2.66. The molecule has 0 aliphatic carbocycles.